The van der Waals surface area contributed by atoms with Crippen molar-refractivity contribution >= 4 is 6.03 Å². The van der Waals surface area contributed by atoms with Crippen LogP contribution in [0, 0.1) is 11.3 Å². The van der Waals surface area contributed by atoms with Gasteiger partial charge in [-0.05, 0) is 30.5 Å². The van der Waals surface area contributed by atoms with E-state index in [0.29, 0.717) is 31.5 Å². The van der Waals surface area contributed by atoms with E-state index in [0.717, 1.165) is 5.56 Å². The minimum atomic E-state index is -0.362. The number of aliphatic hydroxyl groups excluding tert-OH is 1. The summed E-state index contributed by atoms with van der Waals surface area (Å²) in [5.74, 6) is 0. The summed E-state index contributed by atoms with van der Waals surface area (Å²) in [6.45, 7) is 2.76. The third-order valence-corrected chi connectivity index (χ3v) is 2.77. The first-order valence-corrected chi connectivity index (χ1v) is 6.34. The molecule has 0 spiro atoms. The molecule has 0 aliphatic rings. The van der Waals surface area contributed by atoms with Crippen molar-refractivity contribution in [1.29, 1.82) is 5.26 Å². The topological polar surface area (TPSA) is 85.2 Å². The predicted octanol–water partition coefficient (Wildman–Crippen LogP) is 1.52. The van der Waals surface area contributed by atoms with Crippen LogP contribution in [0.3, 0.4) is 0 Å². The fourth-order valence-corrected chi connectivity index (χ4v) is 1.50. The summed E-state index contributed by atoms with van der Waals surface area (Å²) in [5, 5.41) is 23.4. The average molecular weight is 261 g/mol. The van der Waals surface area contributed by atoms with Crippen LogP contribution in [0.25, 0.3) is 0 Å². The standard InChI is InChI=1S/C14H19N3O2/c1-2-13(18)7-8-16-14(19)17-10-12-5-3-11(9-15)4-6-12/h3-6,13,18H,2,7-8,10H2,1H3,(H2,16,17,19). The maximum Gasteiger partial charge on any atom is 0.315 e. The Morgan fingerprint density at radius 2 is 2.05 bits per heavy atom. The zero-order valence-corrected chi connectivity index (χ0v) is 11.0. The van der Waals surface area contributed by atoms with Crippen molar-refractivity contribution in [1.82, 2.24) is 10.6 Å². The van der Waals surface area contributed by atoms with Gasteiger partial charge in [-0.2, -0.15) is 5.26 Å². The molecule has 1 rings (SSSR count). The van der Waals surface area contributed by atoms with Gasteiger partial charge in [-0.15, -0.1) is 0 Å². The van der Waals surface area contributed by atoms with Gasteiger partial charge in [-0.3, -0.25) is 0 Å². The third-order valence-electron chi connectivity index (χ3n) is 2.77. The molecule has 5 nitrogen and oxygen atoms in total. The van der Waals surface area contributed by atoms with Gasteiger partial charge in [0, 0.05) is 13.1 Å². The molecule has 102 valence electrons. The second-order valence-corrected chi connectivity index (χ2v) is 4.27. The van der Waals surface area contributed by atoms with E-state index in [-0.39, 0.29) is 12.1 Å². The van der Waals surface area contributed by atoms with E-state index in [2.05, 4.69) is 10.6 Å². The van der Waals surface area contributed by atoms with Crippen LogP contribution in [0.5, 0.6) is 0 Å². The second-order valence-electron chi connectivity index (χ2n) is 4.27. The summed E-state index contributed by atoms with van der Waals surface area (Å²) in [7, 11) is 0. The fourth-order valence-electron chi connectivity index (χ4n) is 1.50. The SMILES string of the molecule is CCC(O)CCNC(=O)NCc1ccc(C#N)cc1. The molecule has 0 heterocycles. The van der Waals surface area contributed by atoms with E-state index in [9.17, 15) is 9.90 Å². The Morgan fingerprint density at radius 1 is 1.37 bits per heavy atom. The molecule has 0 bridgehead atoms. The Labute approximate surface area is 113 Å². The zero-order chi connectivity index (χ0) is 14.1. The van der Waals surface area contributed by atoms with Gasteiger partial charge in [-0.25, -0.2) is 4.79 Å². The van der Waals surface area contributed by atoms with Crippen LogP contribution in [-0.2, 0) is 6.54 Å². The van der Waals surface area contributed by atoms with Crippen LogP contribution in [0.2, 0.25) is 0 Å². The quantitative estimate of drug-likeness (QED) is 0.725. The summed E-state index contributed by atoms with van der Waals surface area (Å²) in [4.78, 5) is 11.5. The van der Waals surface area contributed by atoms with Gasteiger partial charge in [0.15, 0.2) is 0 Å². The summed E-state index contributed by atoms with van der Waals surface area (Å²) in [6.07, 6.45) is 0.883. The predicted molar refractivity (Wildman–Crippen MR) is 72.3 cm³/mol. The van der Waals surface area contributed by atoms with Crippen molar-refractivity contribution in [2.24, 2.45) is 0 Å². The molecule has 19 heavy (non-hydrogen) atoms. The van der Waals surface area contributed by atoms with Crippen molar-refractivity contribution in [3.05, 3.63) is 35.4 Å². The molecule has 0 aliphatic heterocycles. The number of nitrogens with zero attached hydrogens (tertiary/aromatic N) is 1. The summed E-state index contributed by atoms with van der Waals surface area (Å²) < 4.78 is 0. The normalized spacial score (nSPS) is 11.4. The van der Waals surface area contributed by atoms with Crippen LogP contribution >= 0.6 is 0 Å². The average Bonchev–Trinajstić information content (AvgIpc) is 2.45. The number of nitrogens with one attached hydrogen (secondary N) is 2. The molecule has 0 aromatic heterocycles. The highest BCUT2D eigenvalue weighted by Crippen LogP contribution is 2.02. The number of carbonyl (C=O) groups is 1. The Hall–Kier alpha value is -2.06. The largest absolute Gasteiger partial charge is 0.393 e. The number of rotatable bonds is 6. The number of hydrogen-bond acceptors (Lipinski definition) is 3. The summed E-state index contributed by atoms with van der Waals surface area (Å²) >= 11 is 0. The molecular formula is C14H19N3O2. The lowest BCUT2D eigenvalue weighted by atomic mass is 10.1. The smallest absolute Gasteiger partial charge is 0.315 e. The zero-order valence-electron chi connectivity index (χ0n) is 11.0. The molecule has 0 aliphatic carbocycles. The molecule has 1 aromatic rings. The Morgan fingerprint density at radius 3 is 2.63 bits per heavy atom. The van der Waals surface area contributed by atoms with Crippen LogP contribution in [0.15, 0.2) is 24.3 Å². The molecule has 3 N–H and O–H groups in total. The first kappa shape index (κ1) is 15.0. The van der Waals surface area contributed by atoms with Gasteiger partial charge in [0.2, 0.25) is 0 Å². The maximum absolute atomic E-state index is 11.5. The van der Waals surface area contributed by atoms with Crippen molar-refractivity contribution in [3.8, 4) is 6.07 Å². The number of aliphatic hydroxyl groups is 1. The first-order chi connectivity index (χ1) is 9.15. The highest BCUT2D eigenvalue weighted by atomic mass is 16.3. The third kappa shape index (κ3) is 5.89. The van der Waals surface area contributed by atoms with E-state index in [4.69, 9.17) is 5.26 Å². The van der Waals surface area contributed by atoms with E-state index in [1.165, 1.54) is 0 Å². The van der Waals surface area contributed by atoms with Crippen molar-refractivity contribution in [3.63, 3.8) is 0 Å². The minimum absolute atomic E-state index is 0.257. The van der Waals surface area contributed by atoms with Crippen LogP contribution < -0.4 is 10.6 Å². The molecule has 1 unspecified atom stereocenters. The van der Waals surface area contributed by atoms with Gasteiger partial charge in [0.25, 0.3) is 0 Å². The van der Waals surface area contributed by atoms with E-state index < -0.39 is 0 Å². The van der Waals surface area contributed by atoms with Crippen molar-refractivity contribution in [2.45, 2.75) is 32.4 Å². The Balaban J connectivity index is 2.24. The van der Waals surface area contributed by atoms with Gasteiger partial charge in [0.05, 0.1) is 17.7 Å². The van der Waals surface area contributed by atoms with E-state index >= 15 is 0 Å². The lowest BCUT2D eigenvalue weighted by molar-refractivity contribution is 0.160. The number of urea groups is 1. The lowest BCUT2D eigenvalue weighted by Crippen LogP contribution is -2.36. The van der Waals surface area contributed by atoms with Gasteiger partial charge >= 0.3 is 6.03 Å². The Kier molecular flexibility index (Phi) is 6.41. The number of carbonyl (C=O) groups excluding carboxylic acids is 1. The number of hydrogen-bond donors (Lipinski definition) is 3. The highest BCUT2D eigenvalue weighted by Gasteiger charge is 2.03. The molecule has 0 saturated carbocycles. The first-order valence-electron chi connectivity index (χ1n) is 6.34. The van der Waals surface area contributed by atoms with Crippen molar-refractivity contribution < 1.29 is 9.90 Å². The van der Waals surface area contributed by atoms with Crippen LogP contribution in [-0.4, -0.2) is 23.8 Å². The van der Waals surface area contributed by atoms with Crippen molar-refractivity contribution in [2.75, 3.05) is 6.54 Å². The molecule has 0 fully saturated rings. The molecule has 0 radical (unpaired) electrons. The van der Waals surface area contributed by atoms with E-state index in [1.807, 2.05) is 13.0 Å². The fraction of sp³-hybridized carbons (Fsp3) is 0.429. The van der Waals surface area contributed by atoms with Crippen LogP contribution in [0.1, 0.15) is 30.9 Å². The summed E-state index contributed by atoms with van der Waals surface area (Å²) in [5.41, 5.74) is 1.53. The van der Waals surface area contributed by atoms with Gasteiger partial charge in [-0.1, -0.05) is 19.1 Å². The highest BCUT2D eigenvalue weighted by molar-refractivity contribution is 5.73. The van der Waals surface area contributed by atoms with Gasteiger partial charge < -0.3 is 15.7 Å². The molecular weight excluding hydrogens is 242 g/mol. The Bertz CT molecular complexity index is 437. The van der Waals surface area contributed by atoms with Crippen LogP contribution in [0.4, 0.5) is 4.79 Å². The molecule has 2 amide bonds. The number of amides is 2. The van der Waals surface area contributed by atoms with Gasteiger partial charge in [0.1, 0.15) is 0 Å². The number of benzene rings is 1. The lowest BCUT2D eigenvalue weighted by Gasteiger charge is -2.10. The van der Waals surface area contributed by atoms with E-state index in [1.54, 1.807) is 24.3 Å². The molecule has 1 atom stereocenters. The molecule has 5 heteroatoms. The maximum atomic E-state index is 11.5. The minimum Gasteiger partial charge on any atom is -0.393 e. The molecule has 1 aromatic carbocycles. The number of nitriles is 1. The monoisotopic (exact) mass is 261 g/mol. The second kappa shape index (κ2) is 8.11. The summed E-state index contributed by atoms with van der Waals surface area (Å²) in [6, 6.07) is 8.82. The molecule has 0 saturated heterocycles.